The first-order valence-corrected chi connectivity index (χ1v) is 12.5. The maximum Gasteiger partial charge on any atom is 0.0811 e. The largest absolute Gasteiger partial charge is 0.393 e. The minimum atomic E-state index is -0.630. The molecule has 172 valence electrons. The Balaban J connectivity index is 1.54. The summed E-state index contributed by atoms with van der Waals surface area (Å²) >= 11 is 0. The number of rotatable bonds is 5. The van der Waals surface area contributed by atoms with Crippen molar-refractivity contribution < 1.29 is 15.3 Å². The van der Waals surface area contributed by atoms with E-state index in [9.17, 15) is 15.3 Å². The Kier molecular flexibility index (Phi) is 6.42. The summed E-state index contributed by atoms with van der Waals surface area (Å²) in [6, 6.07) is 0. The van der Waals surface area contributed by atoms with Gasteiger partial charge in [-0.25, -0.2) is 0 Å². The Morgan fingerprint density at radius 1 is 1.06 bits per heavy atom. The molecule has 3 heteroatoms. The Morgan fingerprint density at radius 3 is 2.52 bits per heavy atom. The van der Waals surface area contributed by atoms with Crippen molar-refractivity contribution in [1.82, 2.24) is 0 Å². The second-order valence-corrected chi connectivity index (χ2v) is 11.3. The van der Waals surface area contributed by atoms with Gasteiger partial charge in [0.1, 0.15) is 0 Å². The molecule has 3 N–H and O–H groups in total. The van der Waals surface area contributed by atoms with Gasteiger partial charge < -0.3 is 15.3 Å². The molecular weight excluding hydrogens is 384 g/mol. The Morgan fingerprint density at radius 2 is 1.81 bits per heavy atom. The van der Waals surface area contributed by atoms with Gasteiger partial charge in [0.05, 0.1) is 18.3 Å². The smallest absolute Gasteiger partial charge is 0.0811 e. The fourth-order valence-corrected chi connectivity index (χ4v) is 6.96. The number of aliphatic hydroxyl groups excluding tert-OH is 3. The standard InChI is InChI=1S/C28H42O3/c1-18(7-12-25(30)20-8-9-20)24-13-15-27(3)22(6-5-14-28(24,27)4)11-10-21-16-23(29)17-26(31)19(21)2/h7,10-12,18,20,23-26,29-31H,2,5-6,8-9,13-17H2,1,3-4H3/b12-7+,21-10-,22-11-/t18-,23+,24+,25-,26+,27+,28+/m1/s1. The van der Waals surface area contributed by atoms with Crippen molar-refractivity contribution in [2.45, 2.75) is 96.9 Å². The van der Waals surface area contributed by atoms with E-state index in [1.54, 1.807) is 0 Å². The molecule has 31 heavy (non-hydrogen) atoms. The first kappa shape index (κ1) is 23.0. The third-order valence-electron chi connectivity index (χ3n) is 9.49. The van der Waals surface area contributed by atoms with Gasteiger partial charge in [-0.2, -0.15) is 0 Å². The molecule has 0 saturated heterocycles. The van der Waals surface area contributed by atoms with Gasteiger partial charge >= 0.3 is 0 Å². The summed E-state index contributed by atoms with van der Waals surface area (Å²) in [7, 11) is 0. The third-order valence-corrected chi connectivity index (χ3v) is 9.49. The van der Waals surface area contributed by atoms with E-state index in [0.717, 1.165) is 17.6 Å². The van der Waals surface area contributed by atoms with Crippen LogP contribution in [-0.2, 0) is 0 Å². The predicted molar refractivity (Wildman–Crippen MR) is 126 cm³/mol. The van der Waals surface area contributed by atoms with Gasteiger partial charge in [0.2, 0.25) is 0 Å². The van der Waals surface area contributed by atoms with Crippen molar-refractivity contribution in [3.05, 3.63) is 47.6 Å². The minimum absolute atomic E-state index is 0.178. The van der Waals surface area contributed by atoms with E-state index in [1.165, 1.54) is 44.1 Å². The SMILES string of the molecule is C=C1/C(=C\C=C2\CCC[C@@]3(C)[C@H]([C@H](C)/C=C/[C@@H](O)C4CC4)CC[C@@]23C)C[C@H](O)C[C@@H]1O. The number of hydrogen-bond donors (Lipinski definition) is 3. The molecule has 4 aliphatic rings. The summed E-state index contributed by atoms with van der Waals surface area (Å²) in [6.45, 7) is 11.4. The van der Waals surface area contributed by atoms with Crippen LogP contribution in [0.4, 0.5) is 0 Å². The highest BCUT2D eigenvalue weighted by atomic mass is 16.3. The molecule has 4 aliphatic carbocycles. The quantitative estimate of drug-likeness (QED) is 0.510. The van der Waals surface area contributed by atoms with Gasteiger partial charge in [-0.3, -0.25) is 0 Å². The molecule has 4 rings (SSSR count). The molecule has 0 aromatic carbocycles. The maximum absolute atomic E-state index is 10.3. The fourth-order valence-electron chi connectivity index (χ4n) is 6.96. The van der Waals surface area contributed by atoms with E-state index < -0.39 is 12.2 Å². The predicted octanol–water partition coefficient (Wildman–Crippen LogP) is 5.48. The molecule has 7 atom stereocenters. The summed E-state index contributed by atoms with van der Waals surface area (Å²) in [4.78, 5) is 0. The Hall–Kier alpha value is -1.16. The first-order valence-electron chi connectivity index (χ1n) is 12.5. The molecule has 4 saturated carbocycles. The van der Waals surface area contributed by atoms with Crippen LogP contribution in [0.15, 0.2) is 47.6 Å². The van der Waals surface area contributed by atoms with Crippen LogP contribution in [0.3, 0.4) is 0 Å². The van der Waals surface area contributed by atoms with E-state index >= 15 is 0 Å². The highest BCUT2D eigenvalue weighted by Crippen LogP contribution is 2.66. The molecule has 0 unspecified atom stereocenters. The van der Waals surface area contributed by atoms with Crippen LogP contribution in [0.25, 0.3) is 0 Å². The van der Waals surface area contributed by atoms with Crippen LogP contribution in [-0.4, -0.2) is 33.6 Å². The second-order valence-electron chi connectivity index (χ2n) is 11.3. The highest BCUT2D eigenvalue weighted by molar-refractivity contribution is 5.39. The summed E-state index contributed by atoms with van der Waals surface area (Å²) in [5.74, 6) is 1.60. The van der Waals surface area contributed by atoms with Crippen molar-refractivity contribution in [2.24, 2.45) is 28.6 Å². The van der Waals surface area contributed by atoms with Crippen molar-refractivity contribution in [1.29, 1.82) is 0 Å². The average molecular weight is 427 g/mol. The lowest BCUT2D eigenvalue weighted by Crippen LogP contribution is -2.42. The monoisotopic (exact) mass is 426 g/mol. The normalized spacial score (nSPS) is 43.5. The number of allylic oxidation sites excluding steroid dienone is 4. The van der Waals surface area contributed by atoms with Gasteiger partial charge in [-0.15, -0.1) is 0 Å². The molecule has 0 radical (unpaired) electrons. The van der Waals surface area contributed by atoms with E-state index in [1.807, 2.05) is 0 Å². The Labute approximate surface area is 188 Å². The zero-order valence-corrected chi connectivity index (χ0v) is 19.7. The van der Waals surface area contributed by atoms with Crippen LogP contribution in [0.2, 0.25) is 0 Å². The summed E-state index contributed by atoms with van der Waals surface area (Å²) in [5.41, 5.74) is 3.72. The Bertz CT molecular complexity index is 788. The molecule has 0 spiro atoms. The lowest BCUT2D eigenvalue weighted by atomic mass is 9.53. The molecular formula is C28H42O3. The molecule has 0 heterocycles. The highest BCUT2D eigenvalue weighted by Gasteiger charge is 2.57. The summed E-state index contributed by atoms with van der Waals surface area (Å²) in [5, 5.41) is 30.5. The van der Waals surface area contributed by atoms with E-state index in [2.05, 4.69) is 51.7 Å². The number of hydrogen-bond acceptors (Lipinski definition) is 3. The average Bonchev–Trinajstić information content (AvgIpc) is 3.52. The van der Waals surface area contributed by atoms with Crippen molar-refractivity contribution in [3.63, 3.8) is 0 Å². The second kappa shape index (κ2) is 8.65. The van der Waals surface area contributed by atoms with Gasteiger partial charge in [0, 0.05) is 6.42 Å². The summed E-state index contributed by atoms with van der Waals surface area (Å²) in [6.07, 6.45) is 16.8. The van der Waals surface area contributed by atoms with Crippen molar-refractivity contribution >= 4 is 0 Å². The lowest BCUT2D eigenvalue weighted by Gasteiger charge is -2.51. The minimum Gasteiger partial charge on any atom is -0.393 e. The molecule has 0 aliphatic heterocycles. The van der Waals surface area contributed by atoms with Crippen LogP contribution < -0.4 is 0 Å². The maximum atomic E-state index is 10.3. The van der Waals surface area contributed by atoms with Crippen LogP contribution in [0.1, 0.15) is 78.6 Å². The van der Waals surface area contributed by atoms with Crippen molar-refractivity contribution in [3.8, 4) is 0 Å². The van der Waals surface area contributed by atoms with Crippen LogP contribution in [0, 0.1) is 28.6 Å². The van der Waals surface area contributed by atoms with Crippen LogP contribution in [0.5, 0.6) is 0 Å². The van der Waals surface area contributed by atoms with Gasteiger partial charge in [-0.05, 0) is 91.1 Å². The molecule has 0 amide bonds. The van der Waals surface area contributed by atoms with Gasteiger partial charge in [0.25, 0.3) is 0 Å². The molecule has 3 nitrogen and oxygen atoms in total. The number of fused-ring (bicyclic) bond motifs is 1. The third kappa shape index (κ3) is 4.26. The first-order chi connectivity index (χ1) is 14.7. The lowest BCUT2D eigenvalue weighted by molar-refractivity contribution is 0.0455. The van der Waals surface area contributed by atoms with E-state index in [0.29, 0.717) is 30.6 Å². The fraction of sp³-hybridized carbons (Fsp3) is 0.714. The van der Waals surface area contributed by atoms with Gasteiger partial charge in [-0.1, -0.05) is 57.2 Å². The number of aliphatic hydroxyl groups is 3. The molecule has 0 bridgehead atoms. The molecule has 0 aromatic rings. The van der Waals surface area contributed by atoms with Gasteiger partial charge in [0.15, 0.2) is 0 Å². The molecule has 4 fully saturated rings. The topological polar surface area (TPSA) is 60.7 Å². The zero-order chi connectivity index (χ0) is 22.4. The van der Waals surface area contributed by atoms with E-state index in [-0.39, 0.29) is 16.9 Å². The molecule has 0 aromatic heterocycles. The summed E-state index contributed by atoms with van der Waals surface area (Å²) < 4.78 is 0. The van der Waals surface area contributed by atoms with E-state index in [4.69, 9.17) is 0 Å². The van der Waals surface area contributed by atoms with Crippen LogP contribution >= 0.6 is 0 Å². The van der Waals surface area contributed by atoms with Crippen molar-refractivity contribution in [2.75, 3.05) is 0 Å². The zero-order valence-electron chi connectivity index (χ0n) is 19.7.